The lowest BCUT2D eigenvalue weighted by Gasteiger charge is -2.34. The Morgan fingerprint density at radius 2 is 1.91 bits per heavy atom. The highest BCUT2D eigenvalue weighted by molar-refractivity contribution is 9.10. The number of rotatable bonds is 7. The first-order valence-electron chi connectivity index (χ1n) is 8.20. The molecule has 6 heteroatoms. The number of anilines is 1. The van der Waals surface area contributed by atoms with Gasteiger partial charge in [0.05, 0.1) is 12.2 Å². The number of hydrogen-bond acceptors (Lipinski definition) is 4. The quantitative estimate of drug-likeness (QED) is 0.707. The van der Waals surface area contributed by atoms with Crippen LogP contribution in [-0.4, -0.2) is 66.7 Å². The van der Waals surface area contributed by atoms with Gasteiger partial charge in [-0.15, -0.1) is 0 Å². The van der Waals surface area contributed by atoms with Crippen molar-refractivity contribution in [2.75, 3.05) is 51.2 Å². The summed E-state index contributed by atoms with van der Waals surface area (Å²) in [6.07, 6.45) is 1.91. The van der Waals surface area contributed by atoms with Gasteiger partial charge in [-0.25, -0.2) is 0 Å². The Bertz CT molecular complexity index is 517. The minimum atomic E-state index is 0.0308. The predicted molar refractivity (Wildman–Crippen MR) is 96.7 cm³/mol. The van der Waals surface area contributed by atoms with Crippen molar-refractivity contribution in [3.8, 4) is 0 Å². The molecule has 0 atom stereocenters. The molecule has 5 nitrogen and oxygen atoms in total. The number of hydrogen-bond donors (Lipinski definition) is 2. The van der Waals surface area contributed by atoms with Crippen molar-refractivity contribution in [2.45, 2.75) is 19.8 Å². The van der Waals surface area contributed by atoms with E-state index in [4.69, 9.17) is 5.11 Å². The third-order valence-electron chi connectivity index (χ3n) is 4.11. The number of carbonyl (C=O) groups excluding carboxylic acids is 1. The van der Waals surface area contributed by atoms with Crippen LogP contribution in [-0.2, 0) is 4.79 Å². The molecule has 1 aromatic rings. The maximum Gasteiger partial charge on any atom is 0.238 e. The molecule has 1 aliphatic heterocycles. The van der Waals surface area contributed by atoms with Gasteiger partial charge in [0.15, 0.2) is 0 Å². The van der Waals surface area contributed by atoms with Crippen LogP contribution in [0.1, 0.15) is 18.4 Å². The van der Waals surface area contributed by atoms with Gasteiger partial charge in [-0.3, -0.25) is 9.69 Å². The second-order valence-corrected chi connectivity index (χ2v) is 6.93. The molecule has 2 rings (SSSR count). The van der Waals surface area contributed by atoms with E-state index in [1.807, 2.05) is 25.1 Å². The molecular formula is C17H26BrN3O2. The van der Waals surface area contributed by atoms with E-state index in [0.717, 1.165) is 61.3 Å². The van der Waals surface area contributed by atoms with E-state index in [1.54, 1.807) is 0 Å². The molecular weight excluding hydrogens is 358 g/mol. The number of aliphatic hydroxyl groups is 1. The molecule has 0 bridgehead atoms. The number of nitrogens with zero attached hydrogens (tertiary/aromatic N) is 2. The van der Waals surface area contributed by atoms with Crippen LogP contribution in [0.5, 0.6) is 0 Å². The molecule has 1 aliphatic rings. The minimum Gasteiger partial charge on any atom is -0.396 e. The molecule has 0 unspecified atom stereocenters. The van der Waals surface area contributed by atoms with E-state index >= 15 is 0 Å². The molecule has 1 saturated heterocycles. The molecule has 1 fully saturated rings. The van der Waals surface area contributed by atoms with E-state index in [-0.39, 0.29) is 12.5 Å². The Morgan fingerprint density at radius 3 is 2.57 bits per heavy atom. The summed E-state index contributed by atoms with van der Waals surface area (Å²) in [4.78, 5) is 16.8. The van der Waals surface area contributed by atoms with Gasteiger partial charge in [-0.1, -0.05) is 6.07 Å². The standard InChI is InChI=1S/C17H26BrN3O2/c1-14-4-5-16(15(18)12-14)19-17(23)13-21-9-7-20(8-10-21)6-2-3-11-22/h4-5,12,22H,2-3,6-11,13H2,1H3,(H,19,23). The van der Waals surface area contributed by atoms with Crippen molar-refractivity contribution in [3.05, 3.63) is 28.2 Å². The fourth-order valence-electron chi connectivity index (χ4n) is 2.73. The summed E-state index contributed by atoms with van der Waals surface area (Å²) in [5.41, 5.74) is 1.98. The third kappa shape index (κ3) is 6.22. The van der Waals surface area contributed by atoms with Crippen LogP contribution in [0.25, 0.3) is 0 Å². The summed E-state index contributed by atoms with van der Waals surface area (Å²) in [5.74, 6) is 0.0308. The van der Waals surface area contributed by atoms with Crippen molar-refractivity contribution >= 4 is 27.5 Å². The molecule has 23 heavy (non-hydrogen) atoms. The summed E-state index contributed by atoms with van der Waals surface area (Å²) < 4.78 is 0.916. The molecule has 0 aliphatic carbocycles. The fourth-order valence-corrected chi connectivity index (χ4v) is 3.32. The Morgan fingerprint density at radius 1 is 1.22 bits per heavy atom. The summed E-state index contributed by atoms with van der Waals surface area (Å²) >= 11 is 3.49. The highest BCUT2D eigenvalue weighted by Crippen LogP contribution is 2.23. The predicted octanol–water partition coefficient (Wildman–Crippen LogP) is 2.09. The average Bonchev–Trinajstić information content (AvgIpc) is 2.52. The lowest BCUT2D eigenvalue weighted by molar-refractivity contribution is -0.117. The Hall–Kier alpha value is -0.950. The number of piperazine rings is 1. The zero-order chi connectivity index (χ0) is 16.7. The van der Waals surface area contributed by atoms with E-state index < -0.39 is 0 Å². The van der Waals surface area contributed by atoms with Crippen LogP contribution in [0.2, 0.25) is 0 Å². The molecule has 0 radical (unpaired) electrons. The number of amides is 1. The number of unbranched alkanes of at least 4 members (excludes halogenated alkanes) is 1. The maximum atomic E-state index is 12.2. The van der Waals surface area contributed by atoms with E-state index in [9.17, 15) is 4.79 Å². The van der Waals surface area contributed by atoms with Gasteiger partial charge >= 0.3 is 0 Å². The van der Waals surface area contributed by atoms with Crippen LogP contribution >= 0.6 is 15.9 Å². The SMILES string of the molecule is Cc1ccc(NC(=O)CN2CCN(CCCCO)CC2)c(Br)c1. The maximum absolute atomic E-state index is 12.2. The van der Waals surface area contributed by atoms with Crippen LogP contribution in [0.15, 0.2) is 22.7 Å². The largest absolute Gasteiger partial charge is 0.396 e. The minimum absolute atomic E-state index is 0.0308. The van der Waals surface area contributed by atoms with Gasteiger partial charge in [-0.05, 0) is 59.9 Å². The van der Waals surface area contributed by atoms with Crippen molar-refractivity contribution in [2.24, 2.45) is 0 Å². The molecule has 1 heterocycles. The number of nitrogens with one attached hydrogen (secondary N) is 1. The van der Waals surface area contributed by atoms with Gasteiger partial charge < -0.3 is 15.3 Å². The van der Waals surface area contributed by atoms with Crippen molar-refractivity contribution in [1.29, 1.82) is 0 Å². The zero-order valence-corrected chi connectivity index (χ0v) is 15.3. The number of aliphatic hydroxyl groups excluding tert-OH is 1. The van der Waals surface area contributed by atoms with Crippen molar-refractivity contribution in [3.63, 3.8) is 0 Å². The molecule has 0 saturated carbocycles. The highest BCUT2D eigenvalue weighted by Gasteiger charge is 2.18. The third-order valence-corrected chi connectivity index (χ3v) is 4.77. The molecule has 128 valence electrons. The molecule has 1 amide bonds. The van der Waals surface area contributed by atoms with Gasteiger partial charge in [0.2, 0.25) is 5.91 Å². The van der Waals surface area contributed by atoms with E-state index in [1.165, 1.54) is 0 Å². The van der Waals surface area contributed by atoms with Gasteiger partial charge in [0.25, 0.3) is 0 Å². The highest BCUT2D eigenvalue weighted by atomic mass is 79.9. The fraction of sp³-hybridized carbons (Fsp3) is 0.588. The van der Waals surface area contributed by atoms with Crippen molar-refractivity contribution < 1.29 is 9.90 Å². The lowest BCUT2D eigenvalue weighted by atomic mass is 10.2. The number of benzene rings is 1. The second-order valence-electron chi connectivity index (χ2n) is 6.08. The zero-order valence-electron chi connectivity index (χ0n) is 13.7. The number of halogens is 1. The smallest absolute Gasteiger partial charge is 0.238 e. The summed E-state index contributed by atoms with van der Waals surface area (Å²) in [6.45, 7) is 7.59. The van der Waals surface area contributed by atoms with Crippen LogP contribution < -0.4 is 5.32 Å². The van der Waals surface area contributed by atoms with E-state index in [2.05, 4.69) is 31.0 Å². The Labute approximate surface area is 146 Å². The molecule has 0 spiro atoms. The summed E-state index contributed by atoms with van der Waals surface area (Å²) in [5, 5.41) is 11.8. The van der Waals surface area contributed by atoms with Crippen LogP contribution in [0.3, 0.4) is 0 Å². The monoisotopic (exact) mass is 383 g/mol. The first-order valence-corrected chi connectivity index (χ1v) is 8.99. The van der Waals surface area contributed by atoms with E-state index in [0.29, 0.717) is 6.54 Å². The molecule has 1 aromatic carbocycles. The van der Waals surface area contributed by atoms with Gasteiger partial charge in [0, 0.05) is 37.3 Å². The van der Waals surface area contributed by atoms with Gasteiger partial charge in [-0.2, -0.15) is 0 Å². The summed E-state index contributed by atoms with van der Waals surface area (Å²) in [7, 11) is 0. The van der Waals surface area contributed by atoms with Gasteiger partial charge in [0.1, 0.15) is 0 Å². The first kappa shape index (κ1) is 18.4. The number of carbonyl (C=O) groups is 1. The average molecular weight is 384 g/mol. The van der Waals surface area contributed by atoms with Crippen LogP contribution in [0.4, 0.5) is 5.69 Å². The topological polar surface area (TPSA) is 55.8 Å². The lowest BCUT2D eigenvalue weighted by Crippen LogP contribution is -2.48. The summed E-state index contributed by atoms with van der Waals surface area (Å²) in [6, 6.07) is 5.92. The van der Waals surface area contributed by atoms with Crippen LogP contribution in [0, 0.1) is 6.92 Å². The molecule has 0 aromatic heterocycles. The first-order chi connectivity index (χ1) is 11.1. The van der Waals surface area contributed by atoms with Crippen molar-refractivity contribution in [1.82, 2.24) is 9.80 Å². The Kier molecular flexibility index (Phi) is 7.49. The molecule has 2 N–H and O–H groups in total. The number of aryl methyl sites for hydroxylation is 1. The Balaban J connectivity index is 1.72. The normalized spacial score (nSPS) is 16.5. The second kappa shape index (κ2) is 9.37.